The van der Waals surface area contributed by atoms with Crippen LogP contribution in [0.25, 0.3) is 0 Å². The maximum Gasteiger partial charge on any atom is 0.255 e. The highest BCUT2D eigenvalue weighted by molar-refractivity contribution is 7.99. The Morgan fingerprint density at radius 2 is 2.55 bits per heavy atom. The molecule has 2 N–H and O–H groups in total. The van der Waals surface area contributed by atoms with Crippen LogP contribution in [0.2, 0.25) is 0 Å². The summed E-state index contributed by atoms with van der Waals surface area (Å²) in [6, 6.07) is 0.187. The third-order valence-corrected chi connectivity index (χ3v) is 2.19. The summed E-state index contributed by atoms with van der Waals surface area (Å²) in [7, 11) is 0. The Kier molecular flexibility index (Phi) is 2.96. The second kappa shape index (κ2) is 3.78. The zero-order chi connectivity index (χ0) is 8.27. The summed E-state index contributed by atoms with van der Waals surface area (Å²) in [6.45, 7) is 3.86. The van der Waals surface area contributed by atoms with Crippen LogP contribution in [-0.2, 0) is 0 Å². The van der Waals surface area contributed by atoms with Gasteiger partial charge in [-0.15, -0.1) is 0 Å². The van der Waals surface area contributed by atoms with Crippen molar-refractivity contribution in [1.82, 2.24) is 4.98 Å². The van der Waals surface area contributed by atoms with Crippen LogP contribution in [0.3, 0.4) is 0 Å². The van der Waals surface area contributed by atoms with Crippen LogP contribution in [0.4, 0.5) is 0 Å². The maximum atomic E-state index is 5.56. The number of thioether (sulfide) groups is 1. The molecule has 4 heteroatoms. The van der Waals surface area contributed by atoms with Crippen LogP contribution in [0, 0.1) is 6.92 Å². The van der Waals surface area contributed by atoms with Gasteiger partial charge in [-0.25, -0.2) is 4.98 Å². The topological polar surface area (TPSA) is 52.0 Å². The first-order valence-corrected chi connectivity index (χ1v) is 4.47. The van der Waals surface area contributed by atoms with Gasteiger partial charge in [-0.1, -0.05) is 11.8 Å². The largest absolute Gasteiger partial charge is 0.440 e. The standard InChI is InChI=1S/C7H12N2OS/c1-5(8)4-11-7-9-6(2)3-10-7/h3,5H,4,8H2,1-2H3/t5-/m0/s1. The molecule has 1 rings (SSSR count). The number of rotatable bonds is 3. The molecule has 1 heterocycles. The predicted octanol–water partition coefficient (Wildman–Crippen LogP) is 1.42. The van der Waals surface area contributed by atoms with Gasteiger partial charge in [0.25, 0.3) is 5.22 Å². The molecule has 0 bridgehead atoms. The third-order valence-electron chi connectivity index (χ3n) is 1.07. The van der Waals surface area contributed by atoms with Gasteiger partial charge in [-0.2, -0.15) is 0 Å². The van der Waals surface area contributed by atoms with Gasteiger partial charge in [0, 0.05) is 11.8 Å². The average molecular weight is 172 g/mol. The Hall–Kier alpha value is -0.480. The molecule has 1 atom stereocenters. The fourth-order valence-electron chi connectivity index (χ4n) is 0.601. The first-order valence-electron chi connectivity index (χ1n) is 3.49. The molecule has 1 aromatic heterocycles. The van der Waals surface area contributed by atoms with Crippen molar-refractivity contribution in [2.45, 2.75) is 25.1 Å². The van der Waals surface area contributed by atoms with Crippen molar-refractivity contribution >= 4 is 11.8 Å². The second-order valence-electron chi connectivity index (χ2n) is 2.54. The zero-order valence-corrected chi connectivity index (χ0v) is 7.52. The van der Waals surface area contributed by atoms with Crippen LogP contribution in [0.5, 0.6) is 0 Å². The van der Waals surface area contributed by atoms with Gasteiger partial charge in [0.15, 0.2) is 0 Å². The molecule has 0 unspecified atom stereocenters. The second-order valence-corrected chi connectivity index (χ2v) is 3.51. The van der Waals surface area contributed by atoms with Crippen LogP contribution >= 0.6 is 11.8 Å². The number of aromatic nitrogens is 1. The Balaban J connectivity index is 2.39. The summed E-state index contributed by atoms with van der Waals surface area (Å²) in [6.07, 6.45) is 1.64. The fourth-order valence-corrected chi connectivity index (χ4v) is 1.33. The molecule has 0 saturated carbocycles. The van der Waals surface area contributed by atoms with E-state index in [4.69, 9.17) is 10.2 Å². The van der Waals surface area contributed by atoms with Gasteiger partial charge < -0.3 is 10.2 Å². The van der Waals surface area contributed by atoms with Gasteiger partial charge in [0.1, 0.15) is 6.26 Å². The van der Waals surface area contributed by atoms with Crippen LogP contribution in [-0.4, -0.2) is 16.8 Å². The van der Waals surface area contributed by atoms with Crippen molar-refractivity contribution < 1.29 is 4.42 Å². The number of nitrogens with two attached hydrogens (primary N) is 1. The summed E-state index contributed by atoms with van der Waals surface area (Å²) in [5, 5.41) is 0.708. The number of aryl methyl sites for hydroxylation is 1. The molecule has 0 amide bonds. The minimum atomic E-state index is 0.187. The lowest BCUT2D eigenvalue weighted by Gasteiger charge is -1.99. The molecule has 0 saturated heterocycles. The lowest BCUT2D eigenvalue weighted by Crippen LogP contribution is -2.17. The van der Waals surface area contributed by atoms with E-state index in [2.05, 4.69) is 4.98 Å². The van der Waals surface area contributed by atoms with Gasteiger partial charge >= 0.3 is 0 Å². The van der Waals surface area contributed by atoms with E-state index in [1.165, 1.54) is 0 Å². The fraction of sp³-hybridized carbons (Fsp3) is 0.571. The van der Waals surface area contributed by atoms with Crippen molar-refractivity contribution in [1.29, 1.82) is 0 Å². The molecule has 0 radical (unpaired) electrons. The summed E-state index contributed by atoms with van der Waals surface area (Å²) < 4.78 is 5.11. The smallest absolute Gasteiger partial charge is 0.255 e. The van der Waals surface area contributed by atoms with Crippen molar-refractivity contribution in [2.75, 3.05) is 5.75 Å². The molecule has 1 aromatic rings. The molecule has 0 aliphatic carbocycles. The monoisotopic (exact) mass is 172 g/mol. The van der Waals surface area contributed by atoms with Crippen molar-refractivity contribution in [3.63, 3.8) is 0 Å². The van der Waals surface area contributed by atoms with Gasteiger partial charge in [-0.3, -0.25) is 0 Å². The van der Waals surface area contributed by atoms with E-state index < -0.39 is 0 Å². The highest BCUT2D eigenvalue weighted by Crippen LogP contribution is 2.16. The molecule has 0 spiro atoms. The number of hydrogen-bond donors (Lipinski definition) is 1. The number of hydrogen-bond acceptors (Lipinski definition) is 4. The average Bonchev–Trinajstić information content (AvgIpc) is 2.31. The van der Waals surface area contributed by atoms with Crippen LogP contribution in [0.15, 0.2) is 15.9 Å². The van der Waals surface area contributed by atoms with Crippen molar-refractivity contribution in [3.8, 4) is 0 Å². The van der Waals surface area contributed by atoms with Crippen LogP contribution in [0.1, 0.15) is 12.6 Å². The predicted molar refractivity (Wildman–Crippen MR) is 45.6 cm³/mol. The minimum absolute atomic E-state index is 0.187. The van der Waals surface area contributed by atoms with E-state index in [9.17, 15) is 0 Å². The highest BCUT2D eigenvalue weighted by Gasteiger charge is 2.02. The molecule has 11 heavy (non-hydrogen) atoms. The summed E-state index contributed by atoms with van der Waals surface area (Å²) in [4.78, 5) is 4.12. The maximum absolute atomic E-state index is 5.56. The molecule has 0 aliphatic heterocycles. The molecular weight excluding hydrogens is 160 g/mol. The Bertz CT molecular complexity index is 222. The molecular formula is C7H12N2OS. The van der Waals surface area contributed by atoms with E-state index in [0.717, 1.165) is 11.4 Å². The summed E-state index contributed by atoms with van der Waals surface area (Å²) >= 11 is 1.55. The Morgan fingerprint density at radius 1 is 1.82 bits per heavy atom. The first-order chi connectivity index (χ1) is 5.18. The van der Waals surface area contributed by atoms with E-state index in [1.54, 1.807) is 18.0 Å². The van der Waals surface area contributed by atoms with Crippen molar-refractivity contribution in [2.24, 2.45) is 5.73 Å². The molecule has 62 valence electrons. The number of nitrogens with zero attached hydrogens (tertiary/aromatic N) is 1. The minimum Gasteiger partial charge on any atom is -0.440 e. The van der Waals surface area contributed by atoms with Crippen LogP contribution < -0.4 is 5.73 Å². The van der Waals surface area contributed by atoms with E-state index in [0.29, 0.717) is 5.22 Å². The quantitative estimate of drug-likeness (QED) is 0.701. The summed E-state index contributed by atoms with van der Waals surface area (Å²) in [5.41, 5.74) is 6.47. The normalized spacial score (nSPS) is 13.4. The van der Waals surface area contributed by atoms with Gasteiger partial charge in [0.05, 0.1) is 5.69 Å². The van der Waals surface area contributed by atoms with E-state index >= 15 is 0 Å². The lowest BCUT2D eigenvalue weighted by molar-refractivity contribution is 0.453. The third kappa shape index (κ3) is 2.95. The van der Waals surface area contributed by atoms with E-state index in [-0.39, 0.29) is 6.04 Å². The van der Waals surface area contributed by atoms with Gasteiger partial charge in [0.2, 0.25) is 0 Å². The highest BCUT2D eigenvalue weighted by atomic mass is 32.2. The zero-order valence-electron chi connectivity index (χ0n) is 6.70. The molecule has 0 fully saturated rings. The Morgan fingerprint density at radius 3 is 3.00 bits per heavy atom. The first kappa shape index (κ1) is 8.62. The van der Waals surface area contributed by atoms with Crippen molar-refractivity contribution in [3.05, 3.63) is 12.0 Å². The molecule has 3 nitrogen and oxygen atoms in total. The Labute approximate surface area is 70.4 Å². The van der Waals surface area contributed by atoms with E-state index in [1.807, 2.05) is 13.8 Å². The molecule has 0 aromatic carbocycles. The molecule has 0 aliphatic rings. The van der Waals surface area contributed by atoms with Gasteiger partial charge in [-0.05, 0) is 13.8 Å². The lowest BCUT2D eigenvalue weighted by atomic mass is 10.4. The number of oxazole rings is 1. The SMILES string of the molecule is Cc1coc(SC[C@H](C)N)n1. The summed E-state index contributed by atoms with van der Waals surface area (Å²) in [5.74, 6) is 0.847.